The number of hydrogen-bond acceptors (Lipinski definition) is 4. The molecule has 1 aromatic carbocycles. The molecule has 3 rings (SSSR count). The Morgan fingerprint density at radius 1 is 1.21 bits per heavy atom. The lowest BCUT2D eigenvalue weighted by molar-refractivity contribution is 0.733. The molecule has 0 radical (unpaired) electrons. The SMILES string of the molecule is O=c1c(-c2ccccc2)cncn1Cc1nccs1. The van der Waals surface area contributed by atoms with Gasteiger partial charge in [-0.25, -0.2) is 9.97 Å². The predicted molar refractivity (Wildman–Crippen MR) is 75.1 cm³/mol. The van der Waals surface area contributed by atoms with Crippen molar-refractivity contribution in [2.24, 2.45) is 0 Å². The molecule has 0 aliphatic heterocycles. The molecule has 0 atom stereocenters. The highest BCUT2D eigenvalue weighted by Crippen LogP contribution is 2.13. The second kappa shape index (κ2) is 5.16. The average Bonchev–Trinajstić information content (AvgIpc) is 2.95. The molecular formula is C14H11N3OS. The van der Waals surface area contributed by atoms with E-state index in [9.17, 15) is 4.79 Å². The van der Waals surface area contributed by atoms with Crippen molar-refractivity contribution in [1.29, 1.82) is 0 Å². The van der Waals surface area contributed by atoms with Gasteiger partial charge in [0.2, 0.25) is 0 Å². The summed E-state index contributed by atoms with van der Waals surface area (Å²) in [5.74, 6) is 0. The van der Waals surface area contributed by atoms with Crippen LogP contribution in [0.15, 0.2) is 59.2 Å². The molecule has 0 saturated heterocycles. The minimum absolute atomic E-state index is 0.0450. The molecule has 4 nitrogen and oxygen atoms in total. The molecule has 19 heavy (non-hydrogen) atoms. The van der Waals surface area contributed by atoms with Gasteiger partial charge in [-0.1, -0.05) is 30.3 Å². The highest BCUT2D eigenvalue weighted by Gasteiger charge is 2.07. The standard InChI is InChI=1S/C14H11N3OS/c18-14-12(11-4-2-1-3-5-11)8-15-10-17(14)9-13-16-6-7-19-13/h1-8,10H,9H2. The first kappa shape index (κ1) is 11.8. The Kier molecular flexibility index (Phi) is 3.20. The van der Waals surface area contributed by atoms with Gasteiger partial charge in [0, 0.05) is 17.8 Å². The lowest BCUT2D eigenvalue weighted by Gasteiger charge is -2.05. The fourth-order valence-corrected chi connectivity index (χ4v) is 2.47. The van der Waals surface area contributed by atoms with E-state index >= 15 is 0 Å². The number of benzene rings is 1. The largest absolute Gasteiger partial charge is 0.292 e. The van der Waals surface area contributed by atoms with Crippen LogP contribution in [-0.4, -0.2) is 14.5 Å². The Morgan fingerprint density at radius 2 is 2.05 bits per heavy atom. The van der Waals surface area contributed by atoms with Gasteiger partial charge in [0.15, 0.2) is 0 Å². The molecule has 0 saturated carbocycles. The number of rotatable bonds is 3. The van der Waals surface area contributed by atoms with Gasteiger partial charge in [-0.05, 0) is 5.56 Å². The number of aromatic nitrogens is 3. The van der Waals surface area contributed by atoms with Gasteiger partial charge in [0.1, 0.15) is 5.01 Å². The highest BCUT2D eigenvalue weighted by atomic mass is 32.1. The molecule has 0 N–H and O–H groups in total. The summed E-state index contributed by atoms with van der Waals surface area (Å²) in [6.07, 6.45) is 4.89. The van der Waals surface area contributed by atoms with E-state index < -0.39 is 0 Å². The van der Waals surface area contributed by atoms with Gasteiger partial charge in [0.25, 0.3) is 5.56 Å². The van der Waals surface area contributed by atoms with E-state index in [0.29, 0.717) is 12.1 Å². The van der Waals surface area contributed by atoms with Crippen LogP contribution >= 0.6 is 11.3 Å². The summed E-state index contributed by atoms with van der Waals surface area (Å²) in [5, 5.41) is 2.79. The van der Waals surface area contributed by atoms with Crippen molar-refractivity contribution in [2.75, 3.05) is 0 Å². The topological polar surface area (TPSA) is 47.8 Å². The smallest absolute Gasteiger partial charge is 0.261 e. The van der Waals surface area contributed by atoms with Crippen molar-refractivity contribution < 1.29 is 0 Å². The first-order valence-electron chi connectivity index (χ1n) is 5.83. The van der Waals surface area contributed by atoms with Crippen molar-refractivity contribution in [3.8, 4) is 11.1 Å². The second-order valence-electron chi connectivity index (χ2n) is 4.03. The lowest BCUT2D eigenvalue weighted by atomic mass is 10.1. The lowest BCUT2D eigenvalue weighted by Crippen LogP contribution is -2.22. The van der Waals surface area contributed by atoms with Crippen LogP contribution in [0.5, 0.6) is 0 Å². The number of nitrogens with zero attached hydrogens (tertiary/aromatic N) is 3. The molecule has 94 valence electrons. The fourth-order valence-electron chi connectivity index (χ4n) is 1.86. The van der Waals surface area contributed by atoms with Gasteiger partial charge in [-0.3, -0.25) is 9.36 Å². The molecule has 2 aromatic heterocycles. The van der Waals surface area contributed by atoms with Crippen molar-refractivity contribution in [2.45, 2.75) is 6.54 Å². The van der Waals surface area contributed by atoms with E-state index in [4.69, 9.17) is 0 Å². The summed E-state index contributed by atoms with van der Waals surface area (Å²) >= 11 is 1.53. The Bertz CT molecular complexity index is 720. The Hall–Kier alpha value is -2.27. The number of hydrogen-bond donors (Lipinski definition) is 0. The number of thiazole rings is 1. The van der Waals surface area contributed by atoms with Crippen LogP contribution < -0.4 is 5.56 Å². The summed E-state index contributed by atoms with van der Waals surface area (Å²) in [5.41, 5.74) is 1.45. The summed E-state index contributed by atoms with van der Waals surface area (Å²) < 4.78 is 1.58. The third-order valence-corrected chi connectivity index (χ3v) is 3.54. The zero-order chi connectivity index (χ0) is 13.1. The van der Waals surface area contributed by atoms with E-state index in [1.807, 2.05) is 35.7 Å². The van der Waals surface area contributed by atoms with E-state index in [2.05, 4.69) is 9.97 Å². The van der Waals surface area contributed by atoms with Crippen LogP contribution in [0, 0.1) is 0 Å². The molecule has 0 fully saturated rings. The third kappa shape index (κ3) is 2.46. The molecule has 0 unspecified atom stereocenters. The van der Waals surface area contributed by atoms with E-state index in [-0.39, 0.29) is 5.56 Å². The minimum atomic E-state index is -0.0450. The summed E-state index contributed by atoms with van der Waals surface area (Å²) in [6, 6.07) is 9.56. The second-order valence-corrected chi connectivity index (χ2v) is 5.01. The van der Waals surface area contributed by atoms with Crippen LogP contribution in [0.3, 0.4) is 0 Å². The van der Waals surface area contributed by atoms with Crippen molar-refractivity contribution >= 4 is 11.3 Å². The van der Waals surface area contributed by atoms with Gasteiger partial charge < -0.3 is 0 Å². The Labute approximate surface area is 114 Å². The van der Waals surface area contributed by atoms with Crippen molar-refractivity contribution in [3.05, 3.63) is 69.8 Å². The van der Waals surface area contributed by atoms with Crippen molar-refractivity contribution in [3.63, 3.8) is 0 Å². The van der Waals surface area contributed by atoms with Crippen molar-refractivity contribution in [1.82, 2.24) is 14.5 Å². The van der Waals surface area contributed by atoms with Crippen LogP contribution in [0.2, 0.25) is 0 Å². The molecule has 5 heteroatoms. The third-order valence-electron chi connectivity index (χ3n) is 2.77. The maximum absolute atomic E-state index is 12.4. The molecule has 0 aliphatic carbocycles. The van der Waals surface area contributed by atoms with Gasteiger partial charge >= 0.3 is 0 Å². The fraction of sp³-hybridized carbons (Fsp3) is 0.0714. The molecule has 0 bridgehead atoms. The average molecular weight is 269 g/mol. The summed E-state index contributed by atoms with van der Waals surface area (Å²) in [6.45, 7) is 0.462. The van der Waals surface area contributed by atoms with Crippen LogP contribution in [0.4, 0.5) is 0 Å². The zero-order valence-corrected chi connectivity index (χ0v) is 10.9. The molecular weight excluding hydrogens is 258 g/mol. The van der Waals surface area contributed by atoms with E-state index in [1.165, 1.54) is 11.3 Å². The first-order chi connectivity index (χ1) is 9.34. The van der Waals surface area contributed by atoms with Gasteiger partial charge in [-0.15, -0.1) is 11.3 Å². The van der Waals surface area contributed by atoms with Crippen LogP contribution in [0.25, 0.3) is 11.1 Å². The van der Waals surface area contributed by atoms with E-state index in [1.54, 1.807) is 23.3 Å². The normalized spacial score (nSPS) is 10.5. The maximum atomic E-state index is 12.4. The van der Waals surface area contributed by atoms with Crippen LogP contribution in [0.1, 0.15) is 5.01 Å². The van der Waals surface area contributed by atoms with Gasteiger partial charge in [0.05, 0.1) is 18.4 Å². The summed E-state index contributed by atoms with van der Waals surface area (Å²) in [7, 11) is 0. The molecule has 3 aromatic rings. The quantitative estimate of drug-likeness (QED) is 0.733. The van der Waals surface area contributed by atoms with E-state index in [0.717, 1.165) is 10.6 Å². The molecule has 2 heterocycles. The maximum Gasteiger partial charge on any atom is 0.261 e. The first-order valence-corrected chi connectivity index (χ1v) is 6.71. The monoisotopic (exact) mass is 269 g/mol. The molecule has 0 spiro atoms. The van der Waals surface area contributed by atoms with Gasteiger partial charge in [-0.2, -0.15) is 0 Å². The predicted octanol–water partition coefficient (Wildman–Crippen LogP) is 2.42. The summed E-state index contributed by atoms with van der Waals surface area (Å²) in [4.78, 5) is 20.7. The zero-order valence-electron chi connectivity index (χ0n) is 10.1. The van der Waals surface area contributed by atoms with Crippen LogP contribution in [-0.2, 0) is 6.54 Å². The molecule has 0 amide bonds. The minimum Gasteiger partial charge on any atom is -0.292 e. The Balaban J connectivity index is 2.02. The Morgan fingerprint density at radius 3 is 2.79 bits per heavy atom. The molecule has 0 aliphatic rings. The highest BCUT2D eigenvalue weighted by molar-refractivity contribution is 7.09.